The Morgan fingerprint density at radius 2 is 1.25 bits per heavy atom. The van der Waals surface area contributed by atoms with Gasteiger partial charge in [-0.05, 0) is 0 Å². The third-order valence-corrected chi connectivity index (χ3v) is 5.60. The Labute approximate surface area is 257 Å². The summed E-state index contributed by atoms with van der Waals surface area (Å²) in [6.45, 7) is 15.4. The van der Waals surface area contributed by atoms with Gasteiger partial charge in [0.15, 0.2) is 0 Å². The first kappa shape index (κ1) is 37.2. The van der Waals surface area contributed by atoms with Crippen molar-refractivity contribution < 1.29 is 65.2 Å². The van der Waals surface area contributed by atoms with Gasteiger partial charge in [0, 0.05) is 0 Å². The second-order valence-electron chi connectivity index (χ2n) is 8.74. The minimum absolute atomic E-state index is 0. The number of fused-ring (bicyclic) bond motifs is 1. The third-order valence-electron chi connectivity index (χ3n) is 5.60. The summed E-state index contributed by atoms with van der Waals surface area (Å²) in [6, 6.07) is 31.7. The maximum absolute atomic E-state index is 2.31. The van der Waals surface area contributed by atoms with Crippen LogP contribution < -0.4 is 24.8 Å². The van der Waals surface area contributed by atoms with Crippen LogP contribution >= 0.6 is 0 Å². The van der Waals surface area contributed by atoms with Crippen LogP contribution in [0, 0.1) is 34.6 Å². The Balaban J connectivity index is 0. The summed E-state index contributed by atoms with van der Waals surface area (Å²) in [6.07, 6.45) is 0. The van der Waals surface area contributed by atoms with E-state index in [1.807, 2.05) is 30.3 Å². The first-order chi connectivity index (χ1) is 15.7. The van der Waals surface area contributed by atoms with Crippen LogP contribution in [0.3, 0.4) is 0 Å². The molecule has 5 heteroatoms. The van der Waals surface area contributed by atoms with Gasteiger partial charge < -0.3 is 24.8 Å². The van der Waals surface area contributed by atoms with Crippen LogP contribution in [0.2, 0.25) is 13.1 Å². The van der Waals surface area contributed by atoms with Crippen molar-refractivity contribution in [3.63, 3.8) is 0 Å². The molecule has 36 heavy (non-hydrogen) atoms. The number of benzene rings is 1. The maximum Gasteiger partial charge on any atom is 2.00 e. The Hall–Kier alpha value is -0.921. The quantitative estimate of drug-likeness (QED) is 0.193. The molecule has 192 valence electrons. The molecule has 0 bridgehead atoms. The van der Waals surface area contributed by atoms with E-state index in [0.29, 0.717) is 0 Å². The zero-order valence-electron chi connectivity index (χ0n) is 22.3. The van der Waals surface area contributed by atoms with E-state index >= 15 is 0 Å². The summed E-state index contributed by atoms with van der Waals surface area (Å²) in [5.41, 5.74) is 9.94. The molecule has 0 aliphatic heterocycles. The van der Waals surface area contributed by atoms with Crippen LogP contribution in [0.4, 0.5) is 0 Å². The topological polar surface area (TPSA) is 0 Å². The van der Waals surface area contributed by atoms with E-state index in [-0.39, 0.29) is 47.3 Å². The van der Waals surface area contributed by atoms with E-state index in [2.05, 4.69) is 108 Å². The summed E-state index contributed by atoms with van der Waals surface area (Å²) in [4.78, 5) is 0. The zero-order valence-corrected chi connectivity index (χ0v) is 28.3. The summed E-state index contributed by atoms with van der Waals surface area (Å²) >= 11 is 1.74. The van der Waals surface area contributed by atoms with Crippen molar-refractivity contribution in [2.45, 2.75) is 47.7 Å². The van der Waals surface area contributed by atoms with Gasteiger partial charge in [0.1, 0.15) is 0 Å². The molecule has 0 aliphatic rings. The molecule has 0 atom stereocenters. The van der Waals surface area contributed by atoms with E-state index in [4.69, 9.17) is 0 Å². The number of hydrogen-bond acceptors (Lipinski definition) is 0. The smallest absolute Gasteiger partial charge is 1.00 e. The Morgan fingerprint density at radius 3 is 1.64 bits per heavy atom. The molecule has 0 heterocycles. The Bertz CT molecular complexity index is 1200. The van der Waals surface area contributed by atoms with Crippen LogP contribution in [-0.2, 0) is 40.4 Å². The molecular weight excluding hydrogens is 618 g/mol. The number of halogens is 2. The first-order valence-corrected chi connectivity index (χ1v) is 17.7. The summed E-state index contributed by atoms with van der Waals surface area (Å²) < 4.78 is 0. The molecule has 0 saturated heterocycles. The van der Waals surface area contributed by atoms with Gasteiger partial charge in [-0.1, -0.05) is 34.6 Å². The second kappa shape index (κ2) is 19.2. The first-order valence-electron chi connectivity index (χ1n) is 11.5. The van der Waals surface area contributed by atoms with Crippen LogP contribution in [0.1, 0.15) is 27.8 Å². The molecule has 0 aromatic heterocycles. The van der Waals surface area contributed by atoms with E-state index in [1.165, 1.54) is 49.7 Å². The molecule has 5 aromatic carbocycles. The van der Waals surface area contributed by atoms with Crippen LogP contribution in [0.15, 0.2) is 91.0 Å². The van der Waals surface area contributed by atoms with E-state index < -0.39 is 0 Å². The fourth-order valence-electron chi connectivity index (χ4n) is 3.64. The van der Waals surface area contributed by atoms with Gasteiger partial charge in [0.2, 0.25) is 0 Å². The average Bonchev–Trinajstić information content (AvgIpc) is 3.56. The maximum atomic E-state index is 2.31. The largest absolute Gasteiger partial charge is 2.00 e. The molecule has 0 aliphatic carbocycles. The van der Waals surface area contributed by atoms with Crippen molar-refractivity contribution in [3.8, 4) is 11.1 Å². The normalized spacial score (nSPS) is 9.03. The van der Waals surface area contributed by atoms with Crippen molar-refractivity contribution >= 4 is 16.2 Å². The summed E-state index contributed by atoms with van der Waals surface area (Å²) in [5.74, 6) is 0. The van der Waals surface area contributed by atoms with Gasteiger partial charge in [-0.2, -0.15) is 70.1 Å². The summed E-state index contributed by atoms with van der Waals surface area (Å²) in [7, 11) is 0. The molecule has 0 nitrogen and oxygen atoms in total. The molecule has 0 spiro atoms. The van der Waals surface area contributed by atoms with Gasteiger partial charge in [-0.25, -0.2) is 12.1 Å². The molecule has 0 amide bonds. The zero-order chi connectivity index (χ0) is 24.4. The van der Waals surface area contributed by atoms with Crippen LogP contribution in [-0.4, -0.2) is 5.43 Å². The number of hydrogen-bond donors (Lipinski definition) is 0. The number of aryl methyl sites for hydroxylation is 3. The van der Waals surface area contributed by atoms with Crippen molar-refractivity contribution in [1.82, 2.24) is 0 Å². The monoisotopic (exact) mass is 652 g/mol. The van der Waals surface area contributed by atoms with E-state index in [9.17, 15) is 0 Å². The minimum Gasteiger partial charge on any atom is -1.00 e. The molecular formula is C31H36Cl2FeSiZr-2. The van der Waals surface area contributed by atoms with Crippen molar-refractivity contribution in [3.05, 3.63) is 119 Å². The SMILES string of the molecule is C[Si](C)=[Zr+2].Cc1[cH-]c(C)c(C)c1C.Cc1cc2c(-[c-]3cccc3)cccc2[cH-]1.[Cl-].[Cl-].[Fe+2].c1cc[cH-]c1. The Kier molecular flexibility index (Phi) is 19.8. The van der Waals surface area contributed by atoms with Crippen molar-refractivity contribution in [2.75, 3.05) is 0 Å². The molecule has 0 saturated carbocycles. The standard InChI is InChI=1S/C15H12.C9H13.C5H5.C2H6Si.2ClH.Fe.Zr/c1-11-9-13-7-4-8-14(15(13)10-11)12-5-2-3-6-12;1-6-5-7(2)9(4)8(6)3;1-2-4-5-3-1;1-3-2;;;;/h2-10H,1H3;5H,1-4H3;1-5H;1-2H3;2*1H;;/q-2;2*-1;;;;2*+2/p-2. The predicted molar refractivity (Wildman–Crippen MR) is 146 cm³/mol. The average molecular weight is 655 g/mol. The Morgan fingerprint density at radius 1 is 0.750 bits per heavy atom. The number of rotatable bonds is 1. The van der Waals surface area contributed by atoms with Crippen molar-refractivity contribution in [2.24, 2.45) is 0 Å². The van der Waals surface area contributed by atoms with Gasteiger partial charge in [-0.15, -0.1) is 58.5 Å². The second-order valence-corrected chi connectivity index (χ2v) is 18.1. The van der Waals surface area contributed by atoms with Crippen LogP contribution in [0.25, 0.3) is 21.9 Å². The van der Waals surface area contributed by atoms with Crippen molar-refractivity contribution in [1.29, 1.82) is 0 Å². The van der Waals surface area contributed by atoms with Crippen LogP contribution in [0.5, 0.6) is 0 Å². The molecule has 0 N–H and O–H groups in total. The van der Waals surface area contributed by atoms with E-state index in [1.54, 1.807) is 23.3 Å². The molecule has 5 aromatic rings. The fraction of sp³-hybridized carbons (Fsp3) is 0.226. The van der Waals surface area contributed by atoms with Gasteiger partial charge in [0.05, 0.1) is 0 Å². The van der Waals surface area contributed by atoms with Gasteiger partial charge >= 0.3 is 58.9 Å². The molecule has 0 fully saturated rings. The summed E-state index contributed by atoms with van der Waals surface area (Å²) in [5, 5.41) is 2.70. The molecule has 0 radical (unpaired) electrons. The predicted octanol–water partition coefficient (Wildman–Crippen LogP) is 3.09. The van der Waals surface area contributed by atoms with Gasteiger partial charge in [-0.3, -0.25) is 0 Å². The fourth-order valence-corrected chi connectivity index (χ4v) is 3.64. The minimum atomic E-state index is 0. The molecule has 0 unspecified atom stereocenters. The van der Waals surface area contributed by atoms with Gasteiger partial charge in [0.25, 0.3) is 0 Å². The molecule has 5 rings (SSSR count). The third kappa shape index (κ3) is 12.1. The van der Waals surface area contributed by atoms with E-state index in [0.717, 1.165) is 0 Å².